The van der Waals surface area contributed by atoms with Gasteiger partial charge in [-0.25, -0.2) is 0 Å². The van der Waals surface area contributed by atoms with Crippen LogP contribution in [0.1, 0.15) is 18.4 Å². The second-order valence-corrected chi connectivity index (χ2v) is 4.39. The van der Waals surface area contributed by atoms with Crippen LogP contribution in [0.3, 0.4) is 0 Å². The van der Waals surface area contributed by atoms with E-state index in [0.29, 0.717) is 5.41 Å². The fourth-order valence-corrected chi connectivity index (χ4v) is 2.79. The van der Waals surface area contributed by atoms with Crippen molar-refractivity contribution in [3.05, 3.63) is 35.9 Å². The van der Waals surface area contributed by atoms with Gasteiger partial charge in [-0.2, -0.15) is 0 Å². The van der Waals surface area contributed by atoms with E-state index in [-0.39, 0.29) is 0 Å². The van der Waals surface area contributed by atoms with Crippen molar-refractivity contribution in [3.8, 4) is 0 Å². The van der Waals surface area contributed by atoms with Crippen molar-refractivity contribution >= 4 is 0 Å². The van der Waals surface area contributed by atoms with Gasteiger partial charge in [0, 0.05) is 12.0 Å². The minimum absolute atomic E-state index is 0.527. The van der Waals surface area contributed by atoms with Crippen LogP contribution >= 0.6 is 0 Å². The molecule has 1 aromatic rings. The van der Waals surface area contributed by atoms with Crippen LogP contribution in [0, 0.1) is 5.92 Å². The average molecular weight is 173 g/mol. The summed E-state index contributed by atoms with van der Waals surface area (Å²) in [6, 6.07) is 11.0. The topological polar surface area (TPSA) is 12.0 Å². The first-order chi connectivity index (χ1) is 6.42. The summed E-state index contributed by atoms with van der Waals surface area (Å²) < 4.78 is 0. The highest BCUT2D eigenvalue weighted by molar-refractivity contribution is 5.35. The van der Waals surface area contributed by atoms with Crippen LogP contribution in [-0.4, -0.2) is 13.1 Å². The number of hydrogen-bond acceptors (Lipinski definition) is 1. The zero-order valence-corrected chi connectivity index (χ0v) is 7.79. The lowest BCUT2D eigenvalue weighted by atomic mass is 9.90. The number of nitrogens with one attached hydrogen (secondary N) is 1. The van der Waals surface area contributed by atoms with Crippen LogP contribution in [0.5, 0.6) is 0 Å². The lowest BCUT2D eigenvalue weighted by Gasteiger charge is -2.23. The number of rotatable bonds is 1. The number of piperidine rings is 1. The average Bonchev–Trinajstić information content (AvgIpc) is 2.94. The van der Waals surface area contributed by atoms with Crippen LogP contribution in [0.25, 0.3) is 0 Å². The van der Waals surface area contributed by atoms with Crippen molar-refractivity contribution in [1.82, 2.24) is 5.32 Å². The molecule has 2 aliphatic rings. The zero-order valence-electron chi connectivity index (χ0n) is 7.79. The molecule has 2 atom stereocenters. The van der Waals surface area contributed by atoms with E-state index in [4.69, 9.17) is 0 Å². The Morgan fingerprint density at radius 2 is 2.08 bits per heavy atom. The zero-order chi connectivity index (χ0) is 8.73. The highest BCUT2D eigenvalue weighted by Crippen LogP contribution is 2.56. The summed E-state index contributed by atoms with van der Waals surface area (Å²) in [4.78, 5) is 0. The molecule has 0 aromatic heterocycles. The summed E-state index contributed by atoms with van der Waals surface area (Å²) >= 11 is 0. The van der Waals surface area contributed by atoms with Gasteiger partial charge in [0.15, 0.2) is 0 Å². The Bertz CT molecular complexity index is 306. The number of fused-ring (bicyclic) bond motifs is 1. The van der Waals surface area contributed by atoms with Gasteiger partial charge in [-0.05, 0) is 30.9 Å². The van der Waals surface area contributed by atoms with E-state index in [1.807, 2.05) is 0 Å². The van der Waals surface area contributed by atoms with Crippen LogP contribution in [-0.2, 0) is 5.41 Å². The molecule has 1 N–H and O–H groups in total. The molecule has 68 valence electrons. The first kappa shape index (κ1) is 7.57. The van der Waals surface area contributed by atoms with Crippen molar-refractivity contribution < 1.29 is 0 Å². The standard InChI is InChI=1S/C12H15N/c1-2-4-10(5-3-1)12-8-11(12)6-7-13-9-12/h1-5,11,13H,6-9H2/t11-,12?/m0/s1. The lowest BCUT2D eigenvalue weighted by molar-refractivity contribution is 0.447. The Labute approximate surface area is 79.2 Å². The molecule has 1 saturated carbocycles. The SMILES string of the molecule is c1ccc(C23CNCC[C@H]2C3)cc1. The molecule has 2 fully saturated rings. The maximum Gasteiger partial charge on any atom is 0.0110 e. The summed E-state index contributed by atoms with van der Waals surface area (Å²) in [6.45, 7) is 2.42. The van der Waals surface area contributed by atoms with E-state index >= 15 is 0 Å². The highest BCUT2D eigenvalue weighted by atomic mass is 14.9. The maximum atomic E-state index is 3.52. The summed E-state index contributed by atoms with van der Waals surface area (Å²) in [6.07, 6.45) is 2.78. The molecule has 1 unspecified atom stereocenters. The van der Waals surface area contributed by atoms with E-state index in [1.165, 1.54) is 25.9 Å². The van der Waals surface area contributed by atoms with Crippen molar-refractivity contribution in [2.75, 3.05) is 13.1 Å². The monoisotopic (exact) mass is 173 g/mol. The number of hydrogen-bond donors (Lipinski definition) is 1. The van der Waals surface area contributed by atoms with E-state index in [0.717, 1.165) is 5.92 Å². The van der Waals surface area contributed by atoms with E-state index in [9.17, 15) is 0 Å². The third kappa shape index (κ3) is 1.03. The van der Waals surface area contributed by atoms with Gasteiger partial charge in [0.05, 0.1) is 0 Å². The molecule has 0 radical (unpaired) electrons. The molecule has 1 aliphatic carbocycles. The quantitative estimate of drug-likeness (QED) is 0.684. The molecule has 1 heterocycles. The molecule has 3 rings (SSSR count). The van der Waals surface area contributed by atoms with Gasteiger partial charge >= 0.3 is 0 Å². The molecular weight excluding hydrogens is 158 g/mol. The predicted molar refractivity (Wildman–Crippen MR) is 53.7 cm³/mol. The van der Waals surface area contributed by atoms with Crippen LogP contribution in [0.2, 0.25) is 0 Å². The van der Waals surface area contributed by atoms with Crippen molar-refractivity contribution in [1.29, 1.82) is 0 Å². The fraction of sp³-hybridized carbons (Fsp3) is 0.500. The molecule has 1 nitrogen and oxygen atoms in total. The third-order valence-electron chi connectivity index (χ3n) is 3.69. The van der Waals surface area contributed by atoms with E-state index in [2.05, 4.69) is 35.6 Å². The first-order valence-electron chi connectivity index (χ1n) is 5.18. The Kier molecular flexibility index (Phi) is 1.50. The molecule has 1 saturated heterocycles. The molecule has 0 spiro atoms. The van der Waals surface area contributed by atoms with Crippen LogP contribution in [0.15, 0.2) is 30.3 Å². The minimum atomic E-state index is 0.527. The van der Waals surface area contributed by atoms with Crippen molar-refractivity contribution in [2.24, 2.45) is 5.92 Å². The van der Waals surface area contributed by atoms with Crippen LogP contribution < -0.4 is 5.32 Å². The predicted octanol–water partition coefficient (Wildman–Crippen LogP) is 1.94. The molecule has 1 aliphatic heterocycles. The van der Waals surface area contributed by atoms with Gasteiger partial charge in [-0.3, -0.25) is 0 Å². The molecular formula is C12H15N. The smallest absolute Gasteiger partial charge is 0.0110 e. The molecule has 0 amide bonds. The first-order valence-corrected chi connectivity index (χ1v) is 5.18. The van der Waals surface area contributed by atoms with Crippen molar-refractivity contribution in [2.45, 2.75) is 18.3 Å². The van der Waals surface area contributed by atoms with E-state index in [1.54, 1.807) is 5.56 Å². The van der Waals surface area contributed by atoms with Gasteiger partial charge in [0.2, 0.25) is 0 Å². The Morgan fingerprint density at radius 3 is 2.85 bits per heavy atom. The van der Waals surface area contributed by atoms with Gasteiger partial charge in [0.1, 0.15) is 0 Å². The summed E-state index contributed by atoms with van der Waals surface area (Å²) in [5.74, 6) is 0.969. The third-order valence-corrected chi connectivity index (χ3v) is 3.69. The van der Waals surface area contributed by atoms with E-state index < -0.39 is 0 Å². The summed E-state index contributed by atoms with van der Waals surface area (Å²) in [5, 5.41) is 3.52. The highest BCUT2D eigenvalue weighted by Gasteiger charge is 2.55. The van der Waals surface area contributed by atoms with Gasteiger partial charge in [-0.1, -0.05) is 30.3 Å². The van der Waals surface area contributed by atoms with Crippen molar-refractivity contribution in [3.63, 3.8) is 0 Å². The lowest BCUT2D eigenvalue weighted by Crippen LogP contribution is -2.34. The fourth-order valence-electron chi connectivity index (χ4n) is 2.79. The maximum absolute atomic E-state index is 3.52. The molecule has 13 heavy (non-hydrogen) atoms. The normalized spacial score (nSPS) is 36.8. The summed E-state index contributed by atoms with van der Waals surface area (Å²) in [5.41, 5.74) is 2.08. The molecule has 0 bridgehead atoms. The van der Waals surface area contributed by atoms with Gasteiger partial charge < -0.3 is 5.32 Å². The largest absolute Gasteiger partial charge is 0.316 e. The Balaban J connectivity index is 1.94. The van der Waals surface area contributed by atoms with Crippen LogP contribution in [0.4, 0.5) is 0 Å². The second kappa shape index (κ2) is 2.58. The summed E-state index contributed by atoms with van der Waals surface area (Å²) in [7, 11) is 0. The Hall–Kier alpha value is -0.820. The van der Waals surface area contributed by atoms with Gasteiger partial charge in [-0.15, -0.1) is 0 Å². The second-order valence-electron chi connectivity index (χ2n) is 4.39. The number of benzene rings is 1. The molecule has 1 heteroatoms. The Morgan fingerprint density at radius 1 is 1.23 bits per heavy atom. The molecule has 1 aromatic carbocycles. The van der Waals surface area contributed by atoms with Gasteiger partial charge in [0.25, 0.3) is 0 Å². The minimum Gasteiger partial charge on any atom is -0.316 e.